The number of aromatic nitrogens is 1. The lowest BCUT2D eigenvalue weighted by Gasteiger charge is -2.09. The second kappa shape index (κ2) is 3.99. The van der Waals surface area contributed by atoms with Gasteiger partial charge in [0.1, 0.15) is 5.15 Å². The molecule has 0 amide bonds. The molecule has 1 rings (SSSR count). The lowest BCUT2D eigenvalue weighted by Crippen LogP contribution is -2.16. The quantitative estimate of drug-likeness (QED) is 0.818. The highest BCUT2D eigenvalue weighted by atomic mass is 35.5. The Kier molecular flexibility index (Phi) is 3.27. The van der Waals surface area contributed by atoms with Gasteiger partial charge in [0.25, 0.3) is 6.43 Å². The van der Waals surface area contributed by atoms with Crippen LogP contribution in [0.15, 0.2) is 11.0 Å². The summed E-state index contributed by atoms with van der Waals surface area (Å²) in [6.45, 7) is 1.24. The fourth-order valence-electron chi connectivity index (χ4n) is 1.12. The van der Waals surface area contributed by atoms with Crippen LogP contribution in [-0.2, 0) is 10.0 Å². The molecule has 8 heteroatoms. The van der Waals surface area contributed by atoms with Crippen molar-refractivity contribution in [3.63, 3.8) is 0 Å². The zero-order valence-electron chi connectivity index (χ0n) is 7.54. The number of sulfonamides is 1. The minimum Gasteiger partial charge on any atom is -0.241 e. The molecule has 0 aliphatic carbocycles. The summed E-state index contributed by atoms with van der Waals surface area (Å²) in [5.41, 5.74) is -0.858. The number of halogens is 3. The predicted molar refractivity (Wildman–Crippen MR) is 50.3 cm³/mol. The second-order valence-electron chi connectivity index (χ2n) is 2.79. The Hall–Kier alpha value is -0.790. The largest absolute Gasteiger partial charge is 0.266 e. The Bertz CT molecular complexity index is 490. The zero-order chi connectivity index (χ0) is 11.8. The molecule has 84 valence electrons. The van der Waals surface area contributed by atoms with E-state index in [2.05, 4.69) is 4.98 Å². The van der Waals surface area contributed by atoms with E-state index < -0.39 is 26.9 Å². The fourth-order valence-corrected chi connectivity index (χ4v) is 2.24. The Morgan fingerprint density at radius 2 is 2.07 bits per heavy atom. The molecule has 0 saturated heterocycles. The summed E-state index contributed by atoms with van der Waals surface area (Å²) in [5.74, 6) is 0. The molecule has 1 aromatic heterocycles. The molecule has 4 nitrogen and oxygen atoms in total. The average Bonchev–Trinajstić information content (AvgIpc) is 1.99. The summed E-state index contributed by atoms with van der Waals surface area (Å²) in [6, 6.07) is 0.811. The van der Waals surface area contributed by atoms with Crippen molar-refractivity contribution in [1.82, 2.24) is 4.98 Å². The van der Waals surface area contributed by atoms with E-state index in [0.29, 0.717) is 0 Å². The number of hydrogen-bond acceptors (Lipinski definition) is 3. The van der Waals surface area contributed by atoms with Gasteiger partial charge in [0.2, 0.25) is 10.0 Å². The third-order valence-electron chi connectivity index (χ3n) is 1.70. The van der Waals surface area contributed by atoms with Crippen LogP contribution in [0.3, 0.4) is 0 Å². The first kappa shape index (κ1) is 12.3. The van der Waals surface area contributed by atoms with Crippen LogP contribution in [-0.4, -0.2) is 13.4 Å². The molecular formula is C7H7ClF2N2O2S. The Morgan fingerprint density at radius 1 is 1.53 bits per heavy atom. The maximum atomic E-state index is 12.5. The van der Waals surface area contributed by atoms with Crippen LogP contribution in [0.5, 0.6) is 0 Å². The molecule has 2 N–H and O–H groups in total. The van der Waals surface area contributed by atoms with E-state index in [1.807, 2.05) is 0 Å². The van der Waals surface area contributed by atoms with Crippen molar-refractivity contribution in [2.24, 2.45) is 5.14 Å². The van der Waals surface area contributed by atoms with E-state index in [0.717, 1.165) is 6.07 Å². The minimum absolute atomic E-state index is 0.151. The van der Waals surface area contributed by atoms with Gasteiger partial charge >= 0.3 is 0 Å². The molecule has 15 heavy (non-hydrogen) atoms. The lowest BCUT2D eigenvalue weighted by atomic mass is 10.2. The number of nitrogens with zero attached hydrogens (tertiary/aromatic N) is 1. The smallest absolute Gasteiger partial charge is 0.241 e. The van der Waals surface area contributed by atoms with Crippen molar-refractivity contribution >= 4 is 21.6 Å². The molecule has 0 atom stereocenters. The number of nitrogens with two attached hydrogens (primary N) is 1. The highest BCUT2D eigenvalue weighted by Gasteiger charge is 2.24. The predicted octanol–water partition coefficient (Wildman–Crippen LogP) is 1.63. The van der Waals surface area contributed by atoms with Crippen molar-refractivity contribution in [3.8, 4) is 0 Å². The lowest BCUT2D eigenvalue weighted by molar-refractivity contribution is 0.146. The first-order chi connectivity index (χ1) is 6.73. The van der Waals surface area contributed by atoms with Crippen molar-refractivity contribution in [1.29, 1.82) is 0 Å². The summed E-state index contributed by atoms with van der Waals surface area (Å²) in [5, 5.41) is 4.59. The highest BCUT2D eigenvalue weighted by Crippen LogP contribution is 2.29. The maximum absolute atomic E-state index is 12.5. The van der Waals surface area contributed by atoms with Gasteiger partial charge < -0.3 is 0 Å². The summed E-state index contributed by atoms with van der Waals surface area (Å²) < 4.78 is 47.1. The average molecular weight is 257 g/mol. The van der Waals surface area contributed by atoms with Crippen LogP contribution < -0.4 is 5.14 Å². The number of hydrogen-bond donors (Lipinski definition) is 1. The second-order valence-corrected chi connectivity index (χ2v) is 4.71. The van der Waals surface area contributed by atoms with Gasteiger partial charge in [0.05, 0.1) is 10.5 Å². The summed E-state index contributed by atoms with van der Waals surface area (Å²) in [6.07, 6.45) is -2.97. The van der Waals surface area contributed by atoms with Crippen LogP contribution >= 0.6 is 11.6 Å². The molecule has 0 aliphatic rings. The number of aryl methyl sites for hydroxylation is 1. The van der Waals surface area contributed by atoms with Crippen molar-refractivity contribution in [3.05, 3.63) is 22.5 Å². The molecule has 0 aliphatic heterocycles. The normalized spacial score (nSPS) is 12.1. The maximum Gasteiger partial charge on any atom is 0.266 e. The van der Waals surface area contributed by atoms with Gasteiger partial charge in [-0.25, -0.2) is 27.3 Å². The van der Waals surface area contributed by atoms with Gasteiger partial charge in [0.15, 0.2) is 0 Å². The Labute approximate surface area is 90.1 Å². The van der Waals surface area contributed by atoms with Gasteiger partial charge in [-0.15, -0.1) is 0 Å². The van der Waals surface area contributed by atoms with Gasteiger partial charge in [-0.3, -0.25) is 0 Å². The SMILES string of the molecule is Cc1nc(Cl)cc(S(N)(=O)=O)c1C(F)F. The summed E-state index contributed by atoms with van der Waals surface area (Å²) >= 11 is 5.46. The molecule has 1 heterocycles. The van der Waals surface area contributed by atoms with Crippen LogP contribution in [0.2, 0.25) is 5.15 Å². The van der Waals surface area contributed by atoms with Gasteiger partial charge in [-0.2, -0.15) is 0 Å². The molecule has 0 bridgehead atoms. The number of alkyl halides is 2. The topological polar surface area (TPSA) is 73.0 Å². The van der Waals surface area contributed by atoms with Gasteiger partial charge in [-0.05, 0) is 13.0 Å². The van der Waals surface area contributed by atoms with E-state index in [-0.39, 0.29) is 10.8 Å². The monoisotopic (exact) mass is 256 g/mol. The molecular weight excluding hydrogens is 250 g/mol. The first-order valence-corrected chi connectivity index (χ1v) is 5.64. The summed E-state index contributed by atoms with van der Waals surface area (Å²) in [7, 11) is -4.23. The van der Waals surface area contributed by atoms with E-state index in [4.69, 9.17) is 16.7 Å². The van der Waals surface area contributed by atoms with Crippen molar-refractivity contribution in [2.75, 3.05) is 0 Å². The standard InChI is InChI=1S/C7H7ClF2N2O2S/c1-3-6(7(9)10)4(15(11,13)14)2-5(8)12-3/h2,7H,1H3,(H2,11,13,14). The molecule has 0 unspecified atom stereocenters. The molecule has 0 spiro atoms. The molecule has 0 aromatic carbocycles. The molecule has 1 aromatic rings. The van der Waals surface area contributed by atoms with Crippen molar-refractivity contribution in [2.45, 2.75) is 18.2 Å². The molecule has 0 fully saturated rings. The number of rotatable bonds is 2. The van der Waals surface area contributed by atoms with Crippen LogP contribution in [0.1, 0.15) is 17.7 Å². The third kappa shape index (κ3) is 2.61. The molecule has 0 saturated carbocycles. The van der Waals surface area contributed by atoms with Gasteiger partial charge in [-0.1, -0.05) is 11.6 Å². The first-order valence-electron chi connectivity index (χ1n) is 3.71. The third-order valence-corrected chi connectivity index (χ3v) is 2.85. The van der Waals surface area contributed by atoms with Crippen LogP contribution in [0.25, 0.3) is 0 Å². The fraction of sp³-hybridized carbons (Fsp3) is 0.286. The zero-order valence-corrected chi connectivity index (χ0v) is 9.11. The van der Waals surface area contributed by atoms with Crippen LogP contribution in [0.4, 0.5) is 8.78 Å². The summed E-state index contributed by atoms with van der Waals surface area (Å²) in [4.78, 5) is 2.85. The van der Waals surface area contributed by atoms with Gasteiger partial charge in [0, 0.05) is 5.69 Å². The van der Waals surface area contributed by atoms with E-state index in [9.17, 15) is 17.2 Å². The number of pyridine rings is 1. The number of primary sulfonamides is 1. The van der Waals surface area contributed by atoms with Crippen molar-refractivity contribution < 1.29 is 17.2 Å². The van der Waals surface area contributed by atoms with E-state index >= 15 is 0 Å². The minimum atomic E-state index is -4.23. The van der Waals surface area contributed by atoms with E-state index in [1.165, 1.54) is 6.92 Å². The highest BCUT2D eigenvalue weighted by molar-refractivity contribution is 7.89. The molecule has 0 radical (unpaired) electrons. The Morgan fingerprint density at radius 3 is 2.47 bits per heavy atom. The Balaban J connectivity index is 3.62. The van der Waals surface area contributed by atoms with Crippen LogP contribution in [0, 0.1) is 6.92 Å². The van der Waals surface area contributed by atoms with E-state index in [1.54, 1.807) is 0 Å².